The third-order valence-corrected chi connectivity index (χ3v) is 5.44. The molecule has 0 saturated heterocycles. The zero-order valence-electron chi connectivity index (χ0n) is 18.5. The smallest absolute Gasteiger partial charge is 0.278 e. The van der Waals surface area contributed by atoms with Crippen molar-refractivity contribution in [1.29, 1.82) is 5.26 Å². The predicted octanol–water partition coefficient (Wildman–Crippen LogP) is 3.46. The predicted molar refractivity (Wildman–Crippen MR) is 124 cm³/mol. The molecule has 33 heavy (non-hydrogen) atoms. The molecule has 0 N–H and O–H groups in total. The highest BCUT2D eigenvalue weighted by Crippen LogP contribution is 2.14. The van der Waals surface area contributed by atoms with Crippen LogP contribution in [0.1, 0.15) is 42.1 Å². The van der Waals surface area contributed by atoms with Gasteiger partial charge in [-0.1, -0.05) is 25.8 Å². The molecule has 1 aromatic carbocycles. The van der Waals surface area contributed by atoms with Crippen LogP contribution in [0.25, 0.3) is 16.7 Å². The van der Waals surface area contributed by atoms with Gasteiger partial charge in [-0.05, 0) is 48.9 Å². The summed E-state index contributed by atoms with van der Waals surface area (Å²) in [5.41, 5.74) is 1.33. The van der Waals surface area contributed by atoms with E-state index in [2.05, 4.69) is 23.0 Å². The number of carbonyl (C=O) groups excluding carboxylic acids is 1. The number of aryl methyl sites for hydroxylation is 1. The lowest BCUT2D eigenvalue weighted by Gasteiger charge is -2.13. The highest BCUT2D eigenvalue weighted by atomic mass is 16.5. The average molecular weight is 441 g/mol. The van der Waals surface area contributed by atoms with Crippen LogP contribution in [0, 0.1) is 11.3 Å². The normalized spacial score (nSPS) is 11.6. The Bertz CT molecular complexity index is 1510. The van der Waals surface area contributed by atoms with Crippen molar-refractivity contribution in [3.63, 3.8) is 0 Å². The molecule has 1 amide bonds. The van der Waals surface area contributed by atoms with Crippen LogP contribution in [-0.2, 0) is 6.54 Å². The highest BCUT2D eigenvalue weighted by molar-refractivity contribution is 5.95. The molecule has 0 unspecified atom stereocenters. The number of hydrogen-bond donors (Lipinski definition) is 0. The average Bonchev–Trinajstić information content (AvgIpc) is 2.85. The first-order chi connectivity index (χ1) is 16.1. The third kappa shape index (κ3) is 4.26. The molecule has 0 atom stereocenters. The summed E-state index contributed by atoms with van der Waals surface area (Å²) in [6.45, 7) is 2.56. The number of ether oxygens (including phenoxy) is 1. The number of methoxy groups -OCH3 is 1. The number of amides is 1. The molecule has 3 heterocycles. The van der Waals surface area contributed by atoms with Gasteiger partial charge in [0.2, 0.25) is 0 Å². The number of carbonyl (C=O) groups is 1. The van der Waals surface area contributed by atoms with E-state index < -0.39 is 5.91 Å². The molecule has 0 saturated carbocycles. The van der Waals surface area contributed by atoms with E-state index in [0.717, 1.165) is 19.3 Å². The number of hydrogen-bond acceptors (Lipinski definition) is 5. The van der Waals surface area contributed by atoms with E-state index in [9.17, 15) is 14.9 Å². The van der Waals surface area contributed by atoms with Crippen LogP contribution in [0.5, 0.6) is 5.75 Å². The maximum absolute atomic E-state index is 13.1. The summed E-state index contributed by atoms with van der Waals surface area (Å²) in [4.78, 5) is 35.1. The second-order valence-corrected chi connectivity index (χ2v) is 7.58. The van der Waals surface area contributed by atoms with Gasteiger partial charge in [-0.25, -0.2) is 4.98 Å². The fourth-order valence-corrected chi connectivity index (χ4v) is 3.71. The van der Waals surface area contributed by atoms with E-state index in [1.165, 1.54) is 10.5 Å². The fourth-order valence-electron chi connectivity index (χ4n) is 3.71. The molecule has 0 bridgehead atoms. The first-order valence-corrected chi connectivity index (χ1v) is 10.8. The molecular formula is C25H23N5O3. The fraction of sp³-hybridized carbons (Fsp3) is 0.240. The Balaban J connectivity index is 2.00. The monoisotopic (exact) mass is 441 g/mol. The van der Waals surface area contributed by atoms with E-state index in [0.29, 0.717) is 34.5 Å². The largest absolute Gasteiger partial charge is 0.497 e. The van der Waals surface area contributed by atoms with Crippen molar-refractivity contribution < 1.29 is 9.53 Å². The minimum atomic E-state index is -0.491. The molecule has 8 nitrogen and oxygen atoms in total. The van der Waals surface area contributed by atoms with Gasteiger partial charge < -0.3 is 9.30 Å². The van der Waals surface area contributed by atoms with E-state index in [-0.39, 0.29) is 16.6 Å². The molecule has 3 aromatic heterocycles. The summed E-state index contributed by atoms with van der Waals surface area (Å²) in [5.74, 6) is 0.136. The molecule has 0 aliphatic carbocycles. The van der Waals surface area contributed by atoms with Crippen molar-refractivity contribution in [2.45, 2.75) is 32.7 Å². The van der Waals surface area contributed by atoms with E-state index in [4.69, 9.17) is 4.74 Å². The minimum Gasteiger partial charge on any atom is -0.497 e. The van der Waals surface area contributed by atoms with Crippen LogP contribution in [0.4, 0.5) is 0 Å². The summed E-state index contributed by atoms with van der Waals surface area (Å²) in [7, 11) is 1.55. The lowest BCUT2D eigenvalue weighted by atomic mass is 10.2. The number of unbranched alkanes of at least 4 members (excludes halogenated alkanes) is 2. The van der Waals surface area contributed by atoms with Gasteiger partial charge >= 0.3 is 0 Å². The standard InChI is InChI=1S/C25H23N5O3/c1-3-4-6-14-30-22(28-24(31)17-9-11-19(33-2)12-10-17)18(16-26)15-20-23(30)27-21-8-5-7-13-29(21)25(20)32/h5,7-13,15H,3-4,6,14H2,1-2H3. The third-order valence-electron chi connectivity index (χ3n) is 5.44. The Labute approximate surface area is 190 Å². The topological polar surface area (TPSA) is 102 Å². The van der Waals surface area contributed by atoms with Crippen molar-refractivity contribution in [3.05, 3.63) is 81.7 Å². The molecule has 0 aliphatic rings. The Morgan fingerprint density at radius 2 is 1.97 bits per heavy atom. The molecule has 0 fully saturated rings. The number of benzene rings is 1. The van der Waals surface area contributed by atoms with Gasteiger partial charge in [-0.15, -0.1) is 0 Å². The highest BCUT2D eigenvalue weighted by Gasteiger charge is 2.15. The molecular weight excluding hydrogens is 418 g/mol. The van der Waals surface area contributed by atoms with Crippen molar-refractivity contribution >= 4 is 22.6 Å². The first-order valence-electron chi connectivity index (χ1n) is 10.8. The van der Waals surface area contributed by atoms with Crippen molar-refractivity contribution in [2.24, 2.45) is 4.99 Å². The van der Waals surface area contributed by atoms with E-state index in [1.807, 2.05) is 0 Å². The molecule has 166 valence electrons. The van der Waals surface area contributed by atoms with Crippen LogP contribution < -0.4 is 15.8 Å². The van der Waals surface area contributed by atoms with Crippen LogP contribution in [0.15, 0.2) is 64.5 Å². The van der Waals surface area contributed by atoms with Gasteiger partial charge in [0.15, 0.2) is 5.49 Å². The lowest BCUT2D eigenvalue weighted by Crippen LogP contribution is -2.29. The van der Waals surface area contributed by atoms with Crippen LogP contribution in [0.2, 0.25) is 0 Å². The van der Waals surface area contributed by atoms with Gasteiger partial charge in [0, 0.05) is 18.3 Å². The zero-order chi connectivity index (χ0) is 23.4. The maximum Gasteiger partial charge on any atom is 0.278 e. The van der Waals surface area contributed by atoms with E-state index >= 15 is 0 Å². The zero-order valence-corrected chi connectivity index (χ0v) is 18.5. The quantitative estimate of drug-likeness (QED) is 0.337. The van der Waals surface area contributed by atoms with Crippen molar-refractivity contribution in [3.8, 4) is 11.8 Å². The van der Waals surface area contributed by atoms with Gasteiger partial charge in [-0.3, -0.25) is 14.0 Å². The molecule has 0 radical (unpaired) electrons. The Hall–Kier alpha value is -4.25. The summed E-state index contributed by atoms with van der Waals surface area (Å²) in [6, 6.07) is 15.5. The van der Waals surface area contributed by atoms with Crippen LogP contribution >= 0.6 is 0 Å². The first kappa shape index (κ1) is 22.0. The molecule has 8 heteroatoms. The SMILES string of the molecule is CCCCCn1c(=NC(=O)c2ccc(OC)cc2)c(C#N)cc2c(=O)n3ccccc3nc21. The summed E-state index contributed by atoms with van der Waals surface area (Å²) >= 11 is 0. The van der Waals surface area contributed by atoms with Gasteiger partial charge in [-0.2, -0.15) is 10.3 Å². The van der Waals surface area contributed by atoms with Crippen LogP contribution in [-0.4, -0.2) is 27.0 Å². The van der Waals surface area contributed by atoms with E-state index in [1.54, 1.807) is 60.3 Å². The van der Waals surface area contributed by atoms with Crippen molar-refractivity contribution in [1.82, 2.24) is 14.0 Å². The number of rotatable bonds is 6. The number of fused-ring (bicyclic) bond motifs is 2. The minimum absolute atomic E-state index is 0.149. The van der Waals surface area contributed by atoms with Crippen molar-refractivity contribution in [2.75, 3.05) is 7.11 Å². The Morgan fingerprint density at radius 3 is 2.67 bits per heavy atom. The number of nitrogens with zero attached hydrogens (tertiary/aromatic N) is 5. The number of pyridine rings is 2. The second-order valence-electron chi connectivity index (χ2n) is 7.58. The summed E-state index contributed by atoms with van der Waals surface area (Å²) in [6.07, 6.45) is 4.37. The lowest BCUT2D eigenvalue weighted by molar-refractivity contribution is 0.0997. The Morgan fingerprint density at radius 1 is 1.18 bits per heavy atom. The van der Waals surface area contributed by atoms with Gasteiger partial charge in [0.1, 0.15) is 23.1 Å². The molecule has 0 spiro atoms. The molecule has 0 aliphatic heterocycles. The molecule has 4 aromatic rings. The summed E-state index contributed by atoms with van der Waals surface area (Å²) < 4.78 is 8.31. The number of aromatic nitrogens is 3. The van der Waals surface area contributed by atoms with Gasteiger partial charge in [0.05, 0.1) is 18.1 Å². The molecule has 4 rings (SSSR count). The number of nitriles is 1. The second kappa shape index (κ2) is 9.49. The Kier molecular flexibility index (Phi) is 6.31. The maximum atomic E-state index is 13.1. The van der Waals surface area contributed by atoms with Crippen LogP contribution in [0.3, 0.4) is 0 Å². The van der Waals surface area contributed by atoms with Gasteiger partial charge in [0.25, 0.3) is 11.5 Å². The summed E-state index contributed by atoms with van der Waals surface area (Å²) in [5, 5.41) is 10.2.